The maximum atomic E-state index is 11.5. The topological polar surface area (TPSA) is 74.5 Å². The van der Waals surface area contributed by atoms with Gasteiger partial charge in [-0.05, 0) is 31.4 Å². The zero-order valence-electron chi connectivity index (χ0n) is 10.1. The van der Waals surface area contributed by atoms with Crippen molar-refractivity contribution in [2.24, 2.45) is 4.99 Å². The normalized spacial score (nSPS) is 10.6. The van der Waals surface area contributed by atoms with Gasteiger partial charge in [0.2, 0.25) is 0 Å². The third kappa shape index (κ3) is 4.11. The third-order valence-corrected chi connectivity index (χ3v) is 2.52. The lowest BCUT2D eigenvalue weighted by Gasteiger charge is -2.03. The lowest BCUT2D eigenvalue weighted by molar-refractivity contribution is 0.0526. The van der Waals surface area contributed by atoms with Gasteiger partial charge in [0.25, 0.3) is 0 Å². The maximum Gasteiger partial charge on any atom is 0.338 e. The number of nitriles is 1. The monoisotopic (exact) mass is 263 g/mol. The Morgan fingerprint density at radius 3 is 3.00 bits per heavy atom. The molecule has 0 unspecified atom stereocenters. The van der Waals surface area contributed by atoms with E-state index in [-0.39, 0.29) is 5.97 Å². The minimum absolute atomic E-state index is 0.332. The molecule has 0 saturated heterocycles. The molecule has 0 amide bonds. The number of carbonyl (C=O) groups is 1. The molecule has 0 radical (unpaired) electrons. The summed E-state index contributed by atoms with van der Waals surface area (Å²) in [6.45, 7) is 2.08. The summed E-state index contributed by atoms with van der Waals surface area (Å²) in [6.07, 6.45) is 3.61. The quantitative estimate of drug-likeness (QED) is 0.298. The molecule has 1 N–H and O–H groups in total. The summed E-state index contributed by atoms with van der Waals surface area (Å²) in [5.74, 6) is -0.381. The van der Waals surface area contributed by atoms with E-state index in [9.17, 15) is 4.79 Å². The summed E-state index contributed by atoms with van der Waals surface area (Å²) in [7, 11) is 0. The number of hydrogen-bond acceptors (Lipinski definition) is 5. The van der Waals surface area contributed by atoms with Crippen molar-refractivity contribution in [2.75, 3.05) is 12.9 Å². The molecule has 1 aromatic rings. The van der Waals surface area contributed by atoms with E-state index in [0.717, 1.165) is 0 Å². The van der Waals surface area contributed by atoms with Crippen LogP contribution in [0.25, 0.3) is 0 Å². The Morgan fingerprint density at radius 1 is 1.61 bits per heavy atom. The summed E-state index contributed by atoms with van der Waals surface area (Å²) >= 11 is 1.31. The molecule has 0 spiro atoms. The van der Waals surface area contributed by atoms with Crippen LogP contribution in [0.15, 0.2) is 29.3 Å². The molecule has 0 fully saturated rings. The number of benzene rings is 1. The van der Waals surface area contributed by atoms with Crippen molar-refractivity contribution < 1.29 is 9.53 Å². The molecule has 0 aromatic heterocycles. The SMILES string of the molecule is CCOC(=O)c1cccc(N=C(NC#N)SC)c1. The number of hydrogen-bond donors (Lipinski definition) is 1. The highest BCUT2D eigenvalue weighted by molar-refractivity contribution is 8.13. The second-order valence-corrected chi connectivity index (χ2v) is 3.92. The van der Waals surface area contributed by atoms with E-state index < -0.39 is 0 Å². The Labute approximate surface area is 110 Å². The average molecular weight is 263 g/mol. The van der Waals surface area contributed by atoms with E-state index in [4.69, 9.17) is 10.00 Å². The standard InChI is InChI=1S/C12H13N3O2S/c1-3-17-11(16)9-5-4-6-10(7-9)15-12(18-2)14-8-13/h4-7H,3H2,1-2H3,(H,14,15). The Kier molecular flexibility index (Phi) is 5.74. The number of nitrogens with one attached hydrogen (secondary N) is 1. The van der Waals surface area contributed by atoms with Crippen molar-refractivity contribution in [2.45, 2.75) is 6.92 Å². The van der Waals surface area contributed by atoms with Gasteiger partial charge in [-0.2, -0.15) is 5.26 Å². The van der Waals surface area contributed by atoms with Crippen molar-refractivity contribution >= 4 is 28.6 Å². The largest absolute Gasteiger partial charge is 0.462 e. The first-order chi connectivity index (χ1) is 8.71. The van der Waals surface area contributed by atoms with Gasteiger partial charge in [-0.25, -0.2) is 9.79 Å². The maximum absolute atomic E-state index is 11.5. The average Bonchev–Trinajstić information content (AvgIpc) is 2.39. The van der Waals surface area contributed by atoms with Crippen LogP contribution in [0.3, 0.4) is 0 Å². The van der Waals surface area contributed by atoms with E-state index in [2.05, 4.69) is 10.3 Å². The van der Waals surface area contributed by atoms with Gasteiger partial charge in [0.05, 0.1) is 17.9 Å². The lowest BCUT2D eigenvalue weighted by atomic mass is 10.2. The molecule has 94 valence electrons. The van der Waals surface area contributed by atoms with Crippen molar-refractivity contribution in [3.05, 3.63) is 29.8 Å². The fourth-order valence-corrected chi connectivity index (χ4v) is 1.55. The Balaban J connectivity index is 2.95. The number of ether oxygens (including phenoxy) is 1. The van der Waals surface area contributed by atoms with Crippen LogP contribution in [-0.2, 0) is 4.74 Å². The van der Waals surface area contributed by atoms with Crippen LogP contribution in [0.4, 0.5) is 5.69 Å². The van der Waals surface area contributed by atoms with Gasteiger partial charge in [0.1, 0.15) is 0 Å². The predicted molar refractivity (Wildman–Crippen MR) is 71.8 cm³/mol. The summed E-state index contributed by atoms with van der Waals surface area (Å²) in [4.78, 5) is 15.7. The molecule has 0 heterocycles. The van der Waals surface area contributed by atoms with Gasteiger partial charge in [0.15, 0.2) is 11.4 Å². The highest BCUT2D eigenvalue weighted by Gasteiger charge is 2.06. The van der Waals surface area contributed by atoms with E-state index in [1.807, 2.05) is 0 Å². The molecule has 6 heteroatoms. The molecule has 1 rings (SSSR count). The number of aliphatic imine (C=N–C) groups is 1. The first-order valence-corrected chi connectivity index (χ1v) is 6.48. The fraction of sp³-hybridized carbons (Fsp3) is 0.250. The second kappa shape index (κ2) is 7.35. The number of amidine groups is 1. The minimum Gasteiger partial charge on any atom is -0.462 e. The summed E-state index contributed by atoms with van der Waals surface area (Å²) in [5, 5.41) is 11.5. The van der Waals surface area contributed by atoms with Crippen LogP contribution in [0, 0.1) is 11.5 Å². The van der Waals surface area contributed by atoms with Crippen molar-refractivity contribution in [1.82, 2.24) is 5.32 Å². The highest BCUT2D eigenvalue weighted by Crippen LogP contribution is 2.16. The zero-order chi connectivity index (χ0) is 13.4. The molecular weight excluding hydrogens is 250 g/mol. The zero-order valence-corrected chi connectivity index (χ0v) is 11.0. The van der Waals surface area contributed by atoms with Crippen LogP contribution >= 0.6 is 11.8 Å². The minimum atomic E-state index is -0.381. The molecule has 5 nitrogen and oxygen atoms in total. The van der Waals surface area contributed by atoms with Gasteiger partial charge in [0, 0.05) is 0 Å². The lowest BCUT2D eigenvalue weighted by Crippen LogP contribution is -2.12. The molecular formula is C12H13N3O2S. The number of nitrogens with zero attached hydrogens (tertiary/aromatic N) is 2. The van der Waals surface area contributed by atoms with E-state index in [1.54, 1.807) is 43.6 Å². The van der Waals surface area contributed by atoms with Gasteiger partial charge in [-0.1, -0.05) is 17.8 Å². The first-order valence-electron chi connectivity index (χ1n) is 5.26. The van der Waals surface area contributed by atoms with E-state index in [1.165, 1.54) is 11.8 Å². The number of carbonyl (C=O) groups excluding carboxylic acids is 1. The summed E-state index contributed by atoms with van der Waals surface area (Å²) < 4.78 is 4.90. The van der Waals surface area contributed by atoms with Crippen LogP contribution in [0.1, 0.15) is 17.3 Å². The van der Waals surface area contributed by atoms with Crippen LogP contribution < -0.4 is 5.32 Å². The third-order valence-electron chi connectivity index (χ3n) is 1.94. The van der Waals surface area contributed by atoms with E-state index >= 15 is 0 Å². The number of esters is 1. The van der Waals surface area contributed by atoms with Crippen LogP contribution in [0.2, 0.25) is 0 Å². The molecule has 1 aromatic carbocycles. The fourth-order valence-electron chi connectivity index (χ4n) is 1.21. The second-order valence-electron chi connectivity index (χ2n) is 3.13. The first kappa shape index (κ1) is 14.1. The smallest absolute Gasteiger partial charge is 0.338 e. The number of rotatable bonds is 3. The molecule has 0 atom stereocenters. The predicted octanol–water partition coefficient (Wildman–Crippen LogP) is 2.28. The summed E-state index contributed by atoms with van der Waals surface area (Å²) in [6, 6.07) is 6.74. The van der Waals surface area contributed by atoms with Crippen molar-refractivity contribution in [1.29, 1.82) is 5.26 Å². The van der Waals surface area contributed by atoms with Gasteiger partial charge in [-0.3, -0.25) is 5.32 Å². The van der Waals surface area contributed by atoms with Gasteiger partial charge in [-0.15, -0.1) is 0 Å². The van der Waals surface area contributed by atoms with Crippen molar-refractivity contribution in [3.8, 4) is 6.19 Å². The highest BCUT2D eigenvalue weighted by atomic mass is 32.2. The van der Waals surface area contributed by atoms with E-state index in [0.29, 0.717) is 23.0 Å². The molecule has 0 saturated carbocycles. The Bertz CT molecular complexity index is 494. The molecule has 0 aliphatic rings. The van der Waals surface area contributed by atoms with Crippen molar-refractivity contribution in [3.63, 3.8) is 0 Å². The molecule has 0 aliphatic heterocycles. The molecule has 0 bridgehead atoms. The summed E-state index contributed by atoms with van der Waals surface area (Å²) in [5.41, 5.74) is 1.03. The van der Waals surface area contributed by atoms with Gasteiger partial charge >= 0.3 is 5.97 Å². The van der Waals surface area contributed by atoms with Crippen LogP contribution in [-0.4, -0.2) is 24.0 Å². The Hall–Kier alpha value is -2.00. The Morgan fingerprint density at radius 2 is 2.39 bits per heavy atom. The number of thioether (sulfide) groups is 1. The molecule has 0 aliphatic carbocycles. The molecule has 18 heavy (non-hydrogen) atoms. The van der Waals surface area contributed by atoms with Crippen LogP contribution in [0.5, 0.6) is 0 Å². The van der Waals surface area contributed by atoms with Gasteiger partial charge < -0.3 is 4.74 Å².